The first-order valence-electron chi connectivity index (χ1n) is 9.68. The molecule has 1 saturated heterocycles. The summed E-state index contributed by atoms with van der Waals surface area (Å²) in [5.74, 6) is -3.53. The number of likely N-dealkylation sites (N-methyl/N-ethyl adjacent to an activating group) is 1. The second kappa shape index (κ2) is 9.61. The number of carbonyl (C=O) groups is 2. The summed E-state index contributed by atoms with van der Waals surface area (Å²) in [6.45, 7) is 1.81. The van der Waals surface area contributed by atoms with E-state index in [1.807, 2.05) is 24.3 Å². The van der Waals surface area contributed by atoms with Crippen molar-refractivity contribution in [3.05, 3.63) is 41.5 Å². The SMILES string of the molecule is C[N+]1(C)CC[C@@H](OC(=O)C(O)c2ccccc2C2=CCCC2)C1.O=C([O-])C(F)(F)F. The predicted molar refractivity (Wildman–Crippen MR) is 101 cm³/mol. The summed E-state index contributed by atoms with van der Waals surface area (Å²) in [5, 5.41) is 19.3. The summed E-state index contributed by atoms with van der Waals surface area (Å²) >= 11 is 0. The van der Waals surface area contributed by atoms with Crippen LogP contribution in [0.25, 0.3) is 5.57 Å². The van der Waals surface area contributed by atoms with Crippen LogP contribution >= 0.6 is 0 Å². The molecule has 0 aromatic heterocycles. The number of likely N-dealkylation sites (tertiary alicyclic amines) is 1. The predicted octanol–water partition coefficient (Wildman–Crippen LogP) is 1.98. The van der Waals surface area contributed by atoms with Gasteiger partial charge in [-0.3, -0.25) is 0 Å². The zero-order valence-corrected chi connectivity index (χ0v) is 16.9. The molecule has 0 saturated carbocycles. The zero-order valence-electron chi connectivity index (χ0n) is 16.9. The third-order valence-electron chi connectivity index (χ3n) is 5.13. The van der Waals surface area contributed by atoms with Crippen molar-refractivity contribution < 1.29 is 42.2 Å². The average molecular weight is 429 g/mol. The van der Waals surface area contributed by atoms with Gasteiger partial charge in [0.25, 0.3) is 0 Å². The number of carbonyl (C=O) groups excluding carboxylic acids is 2. The fourth-order valence-corrected chi connectivity index (χ4v) is 3.62. The van der Waals surface area contributed by atoms with Crippen LogP contribution in [0, 0.1) is 0 Å². The molecule has 1 aromatic rings. The van der Waals surface area contributed by atoms with E-state index in [4.69, 9.17) is 14.6 Å². The van der Waals surface area contributed by atoms with Crippen LogP contribution in [0.3, 0.4) is 0 Å². The summed E-state index contributed by atoms with van der Waals surface area (Å²) in [5.41, 5.74) is 2.88. The first-order chi connectivity index (χ1) is 13.9. The van der Waals surface area contributed by atoms with E-state index in [2.05, 4.69) is 20.2 Å². The van der Waals surface area contributed by atoms with E-state index in [0.717, 1.165) is 48.8 Å². The Morgan fingerprint density at radius 2 is 1.90 bits per heavy atom. The molecule has 1 fully saturated rings. The number of aliphatic hydroxyl groups is 1. The van der Waals surface area contributed by atoms with Crippen LogP contribution in [0.5, 0.6) is 0 Å². The second-order valence-electron chi connectivity index (χ2n) is 8.09. The summed E-state index contributed by atoms with van der Waals surface area (Å²) in [6, 6.07) is 7.63. The number of ether oxygens (including phenoxy) is 1. The third-order valence-corrected chi connectivity index (χ3v) is 5.13. The molecule has 1 heterocycles. The molecule has 1 aliphatic carbocycles. The van der Waals surface area contributed by atoms with Gasteiger partial charge in [0.1, 0.15) is 12.5 Å². The van der Waals surface area contributed by atoms with E-state index in [0.29, 0.717) is 5.56 Å². The highest BCUT2D eigenvalue weighted by molar-refractivity contribution is 5.80. The molecular weight excluding hydrogens is 403 g/mol. The van der Waals surface area contributed by atoms with Gasteiger partial charge in [0.2, 0.25) is 0 Å². The van der Waals surface area contributed by atoms with Crippen LogP contribution in [0.2, 0.25) is 0 Å². The largest absolute Gasteiger partial charge is 0.542 e. The Morgan fingerprint density at radius 1 is 1.27 bits per heavy atom. The van der Waals surface area contributed by atoms with Gasteiger partial charge in [-0.1, -0.05) is 30.3 Å². The smallest absolute Gasteiger partial charge is 0.430 e. The van der Waals surface area contributed by atoms with Gasteiger partial charge in [-0.15, -0.1) is 0 Å². The van der Waals surface area contributed by atoms with Crippen LogP contribution in [0.15, 0.2) is 30.3 Å². The Hall–Kier alpha value is -2.39. The number of benzene rings is 1. The quantitative estimate of drug-likeness (QED) is 0.584. The van der Waals surface area contributed by atoms with Gasteiger partial charge in [-0.2, -0.15) is 13.2 Å². The number of aliphatic carboxylic acids is 1. The monoisotopic (exact) mass is 429 g/mol. The molecule has 1 N–H and O–H groups in total. The molecule has 2 aliphatic rings. The number of aliphatic hydroxyl groups excluding tert-OH is 1. The van der Waals surface area contributed by atoms with Crippen molar-refractivity contribution in [1.29, 1.82) is 0 Å². The van der Waals surface area contributed by atoms with E-state index < -0.39 is 24.2 Å². The Morgan fingerprint density at radius 3 is 2.40 bits per heavy atom. The molecule has 1 aliphatic heterocycles. The van der Waals surface area contributed by atoms with E-state index in [9.17, 15) is 23.1 Å². The number of carboxylic acid groups (broad SMARTS) is 1. The highest BCUT2D eigenvalue weighted by atomic mass is 19.4. The van der Waals surface area contributed by atoms with Crippen LogP contribution < -0.4 is 5.11 Å². The first kappa shape index (κ1) is 23.9. The van der Waals surface area contributed by atoms with Crippen molar-refractivity contribution in [3.8, 4) is 0 Å². The normalized spacial score (nSPS) is 21.3. The lowest BCUT2D eigenvalue weighted by Gasteiger charge is -2.23. The van der Waals surface area contributed by atoms with Crippen LogP contribution in [0.1, 0.15) is 42.9 Å². The van der Waals surface area contributed by atoms with Crippen molar-refractivity contribution in [2.75, 3.05) is 27.2 Å². The fourth-order valence-electron chi connectivity index (χ4n) is 3.62. The minimum absolute atomic E-state index is 0.0926. The number of allylic oxidation sites excluding steroid dienone is 2. The Labute approximate surface area is 173 Å². The lowest BCUT2D eigenvalue weighted by Crippen LogP contribution is -2.38. The molecule has 0 radical (unpaired) electrons. The Balaban J connectivity index is 0.000000396. The van der Waals surface area contributed by atoms with Gasteiger partial charge < -0.3 is 24.2 Å². The number of alkyl halides is 3. The maximum absolute atomic E-state index is 12.4. The van der Waals surface area contributed by atoms with Crippen molar-refractivity contribution in [2.24, 2.45) is 0 Å². The molecule has 2 atom stereocenters. The number of esters is 1. The minimum atomic E-state index is -5.19. The van der Waals surface area contributed by atoms with E-state index >= 15 is 0 Å². The van der Waals surface area contributed by atoms with Crippen LogP contribution in [-0.4, -0.2) is 61.0 Å². The highest BCUT2D eigenvalue weighted by Gasteiger charge is 2.35. The number of carboxylic acids is 1. The fraction of sp³-hybridized carbons (Fsp3) is 0.524. The molecular formula is C21H26F3NO5. The number of hydrogen-bond acceptors (Lipinski definition) is 5. The molecule has 0 amide bonds. The Bertz CT molecular complexity index is 804. The van der Waals surface area contributed by atoms with Crippen molar-refractivity contribution in [1.82, 2.24) is 0 Å². The van der Waals surface area contributed by atoms with Gasteiger partial charge in [-0.05, 0) is 36.0 Å². The third kappa shape index (κ3) is 6.56. The summed E-state index contributed by atoms with van der Waals surface area (Å²) in [6.07, 6.45) is -0.216. The number of hydrogen-bond donors (Lipinski definition) is 1. The molecule has 3 rings (SSSR count). The Kier molecular flexibility index (Phi) is 7.65. The average Bonchev–Trinajstić information content (AvgIpc) is 3.30. The molecule has 0 spiro atoms. The van der Waals surface area contributed by atoms with Gasteiger partial charge >= 0.3 is 12.1 Å². The zero-order chi connectivity index (χ0) is 22.5. The van der Waals surface area contributed by atoms with E-state index in [1.165, 1.54) is 5.57 Å². The lowest BCUT2D eigenvalue weighted by atomic mass is 9.95. The maximum atomic E-state index is 12.4. The van der Waals surface area contributed by atoms with Crippen molar-refractivity contribution in [3.63, 3.8) is 0 Å². The summed E-state index contributed by atoms with van der Waals surface area (Å²) in [4.78, 5) is 21.2. The topological polar surface area (TPSA) is 86.7 Å². The number of quaternary nitrogens is 1. The second-order valence-corrected chi connectivity index (χ2v) is 8.09. The summed E-state index contributed by atoms with van der Waals surface area (Å²) < 4.78 is 38.0. The molecule has 9 heteroatoms. The molecule has 0 bridgehead atoms. The van der Waals surface area contributed by atoms with Gasteiger partial charge in [0.15, 0.2) is 12.2 Å². The van der Waals surface area contributed by atoms with Crippen LogP contribution in [-0.2, 0) is 14.3 Å². The van der Waals surface area contributed by atoms with Gasteiger partial charge in [0.05, 0.1) is 20.6 Å². The maximum Gasteiger partial charge on any atom is 0.430 e. The van der Waals surface area contributed by atoms with Crippen molar-refractivity contribution >= 4 is 17.5 Å². The molecule has 166 valence electrons. The van der Waals surface area contributed by atoms with Crippen molar-refractivity contribution in [2.45, 2.75) is 44.1 Å². The minimum Gasteiger partial charge on any atom is -0.542 e. The van der Waals surface area contributed by atoms with Gasteiger partial charge in [-0.25, -0.2) is 4.79 Å². The lowest BCUT2D eigenvalue weighted by molar-refractivity contribution is -0.879. The van der Waals surface area contributed by atoms with Crippen LogP contribution in [0.4, 0.5) is 13.2 Å². The van der Waals surface area contributed by atoms with E-state index in [-0.39, 0.29) is 6.10 Å². The number of nitrogens with zero attached hydrogens (tertiary/aromatic N) is 1. The first-order valence-corrected chi connectivity index (χ1v) is 9.68. The van der Waals surface area contributed by atoms with E-state index in [1.54, 1.807) is 0 Å². The molecule has 6 nitrogen and oxygen atoms in total. The van der Waals surface area contributed by atoms with Gasteiger partial charge in [0, 0.05) is 6.42 Å². The molecule has 30 heavy (non-hydrogen) atoms. The standard InChI is InChI=1S/C19H26NO3.C2HF3O2/c1-20(2)12-11-15(13-20)23-19(22)18(21)17-10-6-5-9-16(17)14-7-3-4-8-14;3-2(4,5)1(6)7/h5-7,9-10,15,18,21H,3-4,8,11-13H2,1-2H3;(H,6,7)/q+1;/p-1/t15-,18?;/m1./s1. The number of halogens is 3. The number of rotatable bonds is 4. The molecule has 1 aromatic carbocycles. The molecule has 1 unspecified atom stereocenters. The highest BCUT2D eigenvalue weighted by Crippen LogP contribution is 2.33. The summed E-state index contributed by atoms with van der Waals surface area (Å²) in [7, 11) is 4.26.